The summed E-state index contributed by atoms with van der Waals surface area (Å²) >= 11 is 0. The lowest BCUT2D eigenvalue weighted by Crippen LogP contribution is -2.28. The zero-order valence-electron chi connectivity index (χ0n) is 21.3. The molecule has 22 heteroatoms. The third-order valence-corrected chi connectivity index (χ3v) is 8.63. The maximum atomic E-state index is 12.4. The van der Waals surface area contributed by atoms with Crippen LogP contribution in [0, 0.1) is 11.8 Å². The number of hydrogen-bond donors (Lipinski definition) is 6. The molecule has 7 N–H and O–H groups in total. The van der Waals surface area contributed by atoms with Crippen LogP contribution in [-0.4, -0.2) is 53.6 Å². The molecule has 1 aliphatic heterocycles. The number of Topliss-reactive ketones (excluding diaryl/α,β-unsaturated/α-hetero) is 1. The molecule has 0 saturated carbocycles. The first-order valence-corrected chi connectivity index (χ1v) is 15.9. The van der Waals surface area contributed by atoms with Gasteiger partial charge in [-0.15, -0.1) is 4.67 Å². The second-order valence-corrected chi connectivity index (χ2v) is 12.5. The third kappa shape index (κ3) is 10.0. The predicted octanol–water partition coefficient (Wildman–Crippen LogP) is 0.720. The summed E-state index contributed by atoms with van der Waals surface area (Å²) < 4.78 is 51.4. The molecule has 42 heavy (non-hydrogen) atoms. The number of rotatable bonds is 11. The van der Waals surface area contributed by atoms with Gasteiger partial charge in [0.1, 0.15) is 12.0 Å². The Bertz CT molecular complexity index is 1610. The van der Waals surface area contributed by atoms with Gasteiger partial charge in [-0.05, 0) is 25.5 Å². The minimum atomic E-state index is -5.75. The van der Waals surface area contributed by atoms with Crippen molar-refractivity contribution in [1.29, 1.82) is 0 Å². The second-order valence-electron chi connectivity index (χ2n) is 8.21. The maximum Gasteiger partial charge on any atom is 0.508 e. The number of ketones is 1. The third-order valence-electron chi connectivity index (χ3n) is 5.02. The Balaban J connectivity index is 1.58. The highest BCUT2D eigenvalue weighted by Gasteiger charge is 2.42. The number of aromatic nitrogens is 2. The molecular weight excluding hydrogens is 629 g/mol. The van der Waals surface area contributed by atoms with Crippen LogP contribution in [0.1, 0.15) is 52.3 Å². The normalized spacial score (nSPS) is 19.6. The molecule has 1 saturated heterocycles. The van der Waals surface area contributed by atoms with Gasteiger partial charge in [0.15, 0.2) is 12.1 Å². The number of anilines is 1. The Morgan fingerprint density at radius 2 is 1.74 bits per heavy atom. The van der Waals surface area contributed by atoms with Gasteiger partial charge in [0.25, 0.3) is 5.91 Å². The molecule has 0 spiro atoms. The van der Waals surface area contributed by atoms with Gasteiger partial charge in [0.05, 0.1) is 12.1 Å². The van der Waals surface area contributed by atoms with Gasteiger partial charge in [-0.1, -0.05) is 24.0 Å². The zero-order chi connectivity index (χ0) is 31.3. The summed E-state index contributed by atoms with van der Waals surface area (Å²) in [7, 11) is -16.9. The number of nitrogens with one attached hydrogen (secondary N) is 1. The lowest BCUT2D eigenvalue weighted by Gasteiger charge is -2.18. The Morgan fingerprint density at radius 1 is 1.10 bits per heavy atom. The van der Waals surface area contributed by atoms with E-state index in [9.17, 15) is 33.0 Å². The molecule has 19 nitrogen and oxygen atoms in total. The number of hydrogen-bond acceptors (Lipinski definition) is 13. The van der Waals surface area contributed by atoms with Gasteiger partial charge in [-0.3, -0.25) is 14.2 Å². The van der Waals surface area contributed by atoms with Crippen LogP contribution in [0.2, 0.25) is 0 Å². The highest BCUT2D eigenvalue weighted by molar-refractivity contribution is 7.66. The Labute approximate surface area is 235 Å². The summed E-state index contributed by atoms with van der Waals surface area (Å²) in [6.45, 7) is 1.29. The molecule has 2 heterocycles. The van der Waals surface area contributed by atoms with Crippen LogP contribution < -0.4 is 16.7 Å². The summed E-state index contributed by atoms with van der Waals surface area (Å²) in [6, 6.07) is 6.00. The van der Waals surface area contributed by atoms with Gasteiger partial charge < -0.3 is 35.4 Å². The van der Waals surface area contributed by atoms with Crippen molar-refractivity contribution >= 4 is 41.0 Å². The number of nitrogens with two attached hydrogens (primary N) is 1. The van der Waals surface area contributed by atoms with Crippen molar-refractivity contribution in [2.45, 2.75) is 32.3 Å². The van der Waals surface area contributed by atoms with Crippen molar-refractivity contribution in [1.82, 2.24) is 14.9 Å². The van der Waals surface area contributed by atoms with Gasteiger partial charge in [-0.2, -0.15) is 18.5 Å². The number of phosphoric acid groups is 3. The van der Waals surface area contributed by atoms with E-state index in [0.717, 1.165) is 4.57 Å². The fraction of sp³-hybridized carbons (Fsp3) is 0.300. The van der Waals surface area contributed by atoms with Gasteiger partial charge >= 0.3 is 29.2 Å². The lowest BCUT2D eigenvalue weighted by molar-refractivity contribution is -0.326. The zero-order valence-corrected chi connectivity index (χ0v) is 23.9. The number of ether oxygens (including phenoxy) is 1. The molecule has 4 atom stereocenters. The fourth-order valence-electron chi connectivity index (χ4n) is 3.27. The monoisotopic (exact) mass is 652 g/mol. The van der Waals surface area contributed by atoms with E-state index in [1.54, 1.807) is 0 Å². The summed E-state index contributed by atoms with van der Waals surface area (Å²) in [5.41, 5.74) is 5.77. The van der Waals surface area contributed by atoms with Crippen LogP contribution >= 0.6 is 23.5 Å². The van der Waals surface area contributed by atoms with E-state index >= 15 is 0 Å². The van der Waals surface area contributed by atoms with Crippen LogP contribution in [0.15, 0.2) is 35.3 Å². The fourth-order valence-corrected chi connectivity index (χ4v) is 6.09. The molecule has 0 radical (unpaired) electrons. The van der Waals surface area contributed by atoms with Crippen molar-refractivity contribution in [2.75, 3.05) is 12.3 Å². The highest BCUT2D eigenvalue weighted by Crippen LogP contribution is 2.66. The first kappa shape index (κ1) is 33.4. The predicted molar refractivity (Wildman–Crippen MR) is 138 cm³/mol. The average molecular weight is 652 g/mol. The molecule has 0 bridgehead atoms. The van der Waals surface area contributed by atoms with Crippen LogP contribution in [0.5, 0.6) is 0 Å². The van der Waals surface area contributed by atoms with E-state index in [4.69, 9.17) is 25.2 Å². The number of carbonyl (C=O) groups is 2. The quantitative estimate of drug-likeness (QED) is 0.0641. The largest absolute Gasteiger partial charge is 0.508 e. The Morgan fingerprint density at radius 3 is 2.36 bits per heavy atom. The molecule has 1 amide bonds. The smallest absolute Gasteiger partial charge is 0.382 e. The number of nitrogens with zero attached hydrogens (tertiary/aromatic N) is 2. The number of amides is 1. The van der Waals surface area contributed by atoms with Crippen LogP contribution in [0.3, 0.4) is 0 Å². The van der Waals surface area contributed by atoms with Crippen molar-refractivity contribution in [3.05, 3.63) is 57.6 Å². The van der Waals surface area contributed by atoms with Crippen LogP contribution in [-0.2, 0) is 36.6 Å². The van der Waals surface area contributed by atoms with Gasteiger partial charge in [0, 0.05) is 23.7 Å². The number of carbonyl (C=O) groups excluding carboxylic acids is 2. The van der Waals surface area contributed by atoms with Crippen molar-refractivity contribution in [3.63, 3.8) is 0 Å². The van der Waals surface area contributed by atoms with Crippen molar-refractivity contribution < 1.29 is 65.8 Å². The van der Waals surface area contributed by atoms with E-state index in [2.05, 4.69) is 40.3 Å². The van der Waals surface area contributed by atoms with Crippen LogP contribution in [0.4, 0.5) is 5.82 Å². The molecule has 1 aliphatic rings. The Kier molecular flexibility index (Phi) is 10.7. The molecule has 4 unspecified atom stereocenters. The SMILES string of the molecule is CC(=O)c1ccc(C(=O)NCC#Cc2cn(C3CCC(OOP(=O)(O)OP(=O)(O)OP(=O)(O)O)O3)c(=O)nc2N)cc1. The number of nitrogen functional groups attached to an aromatic ring is 1. The minimum Gasteiger partial charge on any atom is -0.382 e. The molecule has 3 rings (SSSR count). The summed E-state index contributed by atoms with van der Waals surface area (Å²) in [5, 5.41) is 2.56. The first-order chi connectivity index (χ1) is 19.4. The maximum absolute atomic E-state index is 12.4. The number of benzene rings is 1. The molecule has 2 aromatic rings. The summed E-state index contributed by atoms with van der Waals surface area (Å²) in [5.74, 6) is 4.51. The average Bonchev–Trinajstić information content (AvgIpc) is 3.33. The lowest BCUT2D eigenvalue weighted by atomic mass is 10.1. The van der Waals surface area contributed by atoms with E-state index in [1.807, 2.05) is 0 Å². The summed E-state index contributed by atoms with van der Waals surface area (Å²) in [4.78, 5) is 79.9. The van der Waals surface area contributed by atoms with E-state index in [0.29, 0.717) is 11.1 Å². The van der Waals surface area contributed by atoms with Gasteiger partial charge in [-0.25, -0.2) is 18.5 Å². The van der Waals surface area contributed by atoms with E-state index in [-0.39, 0.29) is 36.6 Å². The van der Waals surface area contributed by atoms with Gasteiger partial charge in [0.2, 0.25) is 0 Å². The molecule has 1 aromatic heterocycles. The standard InChI is InChI=1S/C20H23N4O15P3/c1-12(25)13-4-6-14(7-5-13)19(26)22-10-2-3-15-11-24(20(27)23-18(15)21)16-8-9-17(35-16)36-37-41(31,32)39-42(33,34)38-40(28,29)30/h4-7,11,16-17H,8-10H2,1H3,(H,22,26)(H,31,32)(H,33,34)(H2,21,23,27)(H2,28,29,30). The second kappa shape index (κ2) is 13.5. The Hall–Kier alpha value is -3.07. The first-order valence-electron chi connectivity index (χ1n) is 11.4. The molecular formula is C20H23N4O15P3. The van der Waals surface area contributed by atoms with E-state index in [1.165, 1.54) is 37.4 Å². The molecule has 0 aliphatic carbocycles. The van der Waals surface area contributed by atoms with Crippen LogP contribution in [0.25, 0.3) is 0 Å². The molecule has 1 fully saturated rings. The van der Waals surface area contributed by atoms with Crippen molar-refractivity contribution in [2.24, 2.45) is 0 Å². The topological polar surface area (TPSA) is 285 Å². The summed E-state index contributed by atoms with van der Waals surface area (Å²) in [6.07, 6.45) is -1.23. The molecule has 1 aromatic carbocycles. The minimum absolute atomic E-state index is 0.0440. The van der Waals surface area contributed by atoms with E-state index < -0.39 is 47.6 Å². The van der Waals surface area contributed by atoms with Crippen molar-refractivity contribution in [3.8, 4) is 11.8 Å². The highest BCUT2D eigenvalue weighted by atomic mass is 31.3. The molecule has 228 valence electrons.